The van der Waals surface area contributed by atoms with E-state index in [0.717, 1.165) is 42.1 Å². The Bertz CT molecular complexity index is 746. The van der Waals surface area contributed by atoms with Crippen molar-refractivity contribution in [3.05, 3.63) is 23.6 Å². The van der Waals surface area contributed by atoms with Crippen LogP contribution in [0.1, 0.15) is 19.8 Å². The number of nitrogens with zero attached hydrogens (tertiary/aromatic N) is 3. The maximum atomic E-state index is 12.5. The second-order valence-electron chi connectivity index (χ2n) is 6.19. The Labute approximate surface area is 152 Å². The summed E-state index contributed by atoms with van der Waals surface area (Å²) < 4.78 is 5.75. The third-order valence-electron chi connectivity index (χ3n) is 4.34. The van der Waals surface area contributed by atoms with E-state index in [1.807, 2.05) is 35.5 Å². The molecule has 1 aliphatic rings. The Hall–Kier alpha value is -2.28. The SMILES string of the molecule is CCCCN(C)C(=O)CN1CCOc2ccc(-c3csc(N)n3)cc21. The summed E-state index contributed by atoms with van der Waals surface area (Å²) in [7, 11) is 1.87. The number of ether oxygens (including phenoxy) is 1. The van der Waals surface area contributed by atoms with Gasteiger partial charge in [0.1, 0.15) is 12.4 Å². The number of nitrogens with two attached hydrogens (primary N) is 1. The number of unbranched alkanes of at least 4 members (excludes halogenated alkanes) is 1. The van der Waals surface area contributed by atoms with Crippen molar-refractivity contribution in [2.45, 2.75) is 19.8 Å². The van der Waals surface area contributed by atoms with E-state index in [0.29, 0.717) is 24.8 Å². The Morgan fingerprint density at radius 3 is 3.04 bits per heavy atom. The quantitative estimate of drug-likeness (QED) is 0.858. The van der Waals surface area contributed by atoms with Crippen molar-refractivity contribution in [3.63, 3.8) is 0 Å². The van der Waals surface area contributed by atoms with Gasteiger partial charge in [0.25, 0.3) is 0 Å². The lowest BCUT2D eigenvalue weighted by atomic mass is 10.1. The number of hydrogen-bond acceptors (Lipinski definition) is 6. The molecule has 0 unspecified atom stereocenters. The van der Waals surface area contributed by atoms with Crippen LogP contribution in [0.4, 0.5) is 10.8 Å². The second-order valence-corrected chi connectivity index (χ2v) is 7.08. The molecule has 2 heterocycles. The number of fused-ring (bicyclic) bond motifs is 1. The van der Waals surface area contributed by atoms with Crippen molar-refractivity contribution < 1.29 is 9.53 Å². The lowest BCUT2D eigenvalue weighted by Gasteiger charge is -2.32. The molecule has 0 saturated carbocycles. The summed E-state index contributed by atoms with van der Waals surface area (Å²) in [6.07, 6.45) is 2.11. The molecule has 25 heavy (non-hydrogen) atoms. The molecule has 1 amide bonds. The van der Waals surface area contributed by atoms with Gasteiger partial charge in [-0.05, 0) is 24.6 Å². The lowest BCUT2D eigenvalue weighted by Crippen LogP contribution is -2.42. The van der Waals surface area contributed by atoms with Gasteiger partial charge in [0.15, 0.2) is 5.13 Å². The van der Waals surface area contributed by atoms with Crippen LogP contribution >= 0.6 is 11.3 Å². The van der Waals surface area contributed by atoms with E-state index in [-0.39, 0.29) is 5.91 Å². The molecular formula is C18H24N4O2S. The van der Waals surface area contributed by atoms with Gasteiger partial charge < -0.3 is 20.3 Å². The molecule has 2 N–H and O–H groups in total. The summed E-state index contributed by atoms with van der Waals surface area (Å²) in [6, 6.07) is 5.95. The first kappa shape index (κ1) is 17.5. The predicted octanol–water partition coefficient (Wildman–Crippen LogP) is 2.85. The van der Waals surface area contributed by atoms with Crippen LogP contribution in [0.25, 0.3) is 11.3 Å². The maximum absolute atomic E-state index is 12.5. The molecule has 0 bridgehead atoms. The standard InChI is InChI=1S/C18H24N4O2S/c1-3-4-7-21(2)17(23)11-22-8-9-24-16-6-5-13(10-15(16)22)14-12-25-18(19)20-14/h5-6,10,12H,3-4,7-9,11H2,1-2H3,(H2,19,20). The van der Waals surface area contributed by atoms with Gasteiger partial charge in [0.05, 0.1) is 24.5 Å². The van der Waals surface area contributed by atoms with E-state index in [4.69, 9.17) is 10.5 Å². The van der Waals surface area contributed by atoms with Gasteiger partial charge in [-0.25, -0.2) is 4.98 Å². The Morgan fingerprint density at radius 2 is 2.32 bits per heavy atom. The van der Waals surface area contributed by atoms with Gasteiger partial charge in [-0.3, -0.25) is 4.79 Å². The van der Waals surface area contributed by atoms with Gasteiger partial charge in [-0.1, -0.05) is 13.3 Å². The fourth-order valence-corrected chi connectivity index (χ4v) is 3.39. The van der Waals surface area contributed by atoms with Gasteiger partial charge in [0, 0.05) is 24.5 Å². The summed E-state index contributed by atoms with van der Waals surface area (Å²) in [5.41, 5.74) is 8.51. The molecule has 0 aliphatic carbocycles. The molecule has 0 atom stereocenters. The molecule has 0 radical (unpaired) electrons. The zero-order chi connectivity index (χ0) is 17.8. The summed E-state index contributed by atoms with van der Waals surface area (Å²) in [5, 5.41) is 2.49. The van der Waals surface area contributed by atoms with E-state index in [1.54, 1.807) is 0 Å². The smallest absolute Gasteiger partial charge is 0.241 e. The van der Waals surface area contributed by atoms with Crippen molar-refractivity contribution in [3.8, 4) is 17.0 Å². The number of carbonyl (C=O) groups excluding carboxylic acids is 1. The molecule has 0 saturated heterocycles. The van der Waals surface area contributed by atoms with E-state index < -0.39 is 0 Å². The van der Waals surface area contributed by atoms with E-state index in [9.17, 15) is 4.79 Å². The van der Waals surface area contributed by atoms with Crippen LogP contribution in [-0.2, 0) is 4.79 Å². The number of benzene rings is 1. The van der Waals surface area contributed by atoms with Gasteiger partial charge in [-0.15, -0.1) is 11.3 Å². The Kier molecular flexibility index (Phi) is 5.43. The van der Waals surface area contributed by atoms with Crippen LogP contribution < -0.4 is 15.4 Å². The molecule has 134 valence electrons. The second kappa shape index (κ2) is 7.74. The first-order valence-corrected chi connectivity index (χ1v) is 9.43. The van der Waals surface area contributed by atoms with Gasteiger partial charge in [-0.2, -0.15) is 0 Å². The highest BCUT2D eigenvalue weighted by Crippen LogP contribution is 2.36. The minimum Gasteiger partial charge on any atom is -0.490 e. The van der Waals surface area contributed by atoms with Crippen LogP contribution in [0, 0.1) is 0 Å². The topological polar surface area (TPSA) is 71.7 Å². The summed E-state index contributed by atoms with van der Waals surface area (Å²) >= 11 is 1.42. The van der Waals surface area contributed by atoms with Crippen molar-refractivity contribution in [2.75, 3.05) is 43.9 Å². The van der Waals surface area contributed by atoms with E-state index in [1.165, 1.54) is 11.3 Å². The highest BCUT2D eigenvalue weighted by atomic mass is 32.1. The molecular weight excluding hydrogens is 336 g/mol. The first-order chi connectivity index (χ1) is 12.1. The number of nitrogen functional groups attached to an aromatic ring is 1. The first-order valence-electron chi connectivity index (χ1n) is 8.55. The zero-order valence-corrected chi connectivity index (χ0v) is 15.5. The van der Waals surface area contributed by atoms with E-state index in [2.05, 4.69) is 16.8 Å². The van der Waals surface area contributed by atoms with Crippen LogP contribution in [0.3, 0.4) is 0 Å². The number of anilines is 2. The molecule has 3 rings (SSSR count). The molecule has 1 aromatic heterocycles. The summed E-state index contributed by atoms with van der Waals surface area (Å²) in [6.45, 7) is 4.57. The number of hydrogen-bond donors (Lipinski definition) is 1. The molecule has 0 spiro atoms. The number of amides is 1. The summed E-state index contributed by atoms with van der Waals surface area (Å²) in [4.78, 5) is 20.7. The largest absolute Gasteiger partial charge is 0.490 e. The van der Waals surface area contributed by atoms with Crippen molar-refractivity contribution in [2.24, 2.45) is 0 Å². The van der Waals surface area contributed by atoms with Crippen molar-refractivity contribution >= 4 is 28.1 Å². The highest BCUT2D eigenvalue weighted by Gasteiger charge is 2.22. The summed E-state index contributed by atoms with van der Waals surface area (Å²) in [5.74, 6) is 0.937. The normalized spacial score (nSPS) is 13.3. The van der Waals surface area contributed by atoms with Gasteiger partial charge >= 0.3 is 0 Å². The predicted molar refractivity (Wildman–Crippen MR) is 102 cm³/mol. The van der Waals surface area contributed by atoms with Crippen LogP contribution in [-0.4, -0.2) is 49.1 Å². The monoisotopic (exact) mass is 360 g/mol. The minimum absolute atomic E-state index is 0.129. The minimum atomic E-state index is 0.129. The van der Waals surface area contributed by atoms with Gasteiger partial charge in [0.2, 0.25) is 5.91 Å². The average molecular weight is 360 g/mol. The van der Waals surface area contributed by atoms with Crippen LogP contribution in [0.2, 0.25) is 0 Å². The lowest BCUT2D eigenvalue weighted by molar-refractivity contribution is -0.128. The third kappa shape index (κ3) is 4.04. The van der Waals surface area contributed by atoms with Crippen molar-refractivity contribution in [1.29, 1.82) is 0 Å². The fourth-order valence-electron chi connectivity index (χ4n) is 2.82. The number of carbonyl (C=O) groups is 1. The van der Waals surface area contributed by atoms with Crippen molar-refractivity contribution in [1.82, 2.24) is 9.88 Å². The third-order valence-corrected chi connectivity index (χ3v) is 5.01. The molecule has 2 aromatic rings. The number of aromatic nitrogens is 1. The molecule has 0 fully saturated rings. The number of likely N-dealkylation sites (N-methyl/N-ethyl adjacent to an activating group) is 1. The average Bonchev–Trinajstić information content (AvgIpc) is 3.06. The number of rotatable bonds is 6. The molecule has 1 aliphatic heterocycles. The van der Waals surface area contributed by atoms with E-state index >= 15 is 0 Å². The molecule has 7 heteroatoms. The zero-order valence-electron chi connectivity index (χ0n) is 14.7. The van der Waals surface area contributed by atoms with Crippen LogP contribution in [0.5, 0.6) is 5.75 Å². The Balaban J connectivity index is 1.79. The molecule has 1 aromatic carbocycles. The number of thiazole rings is 1. The molecule has 6 nitrogen and oxygen atoms in total. The maximum Gasteiger partial charge on any atom is 0.241 e. The Morgan fingerprint density at radius 1 is 1.48 bits per heavy atom. The van der Waals surface area contributed by atoms with Crippen LogP contribution in [0.15, 0.2) is 23.6 Å². The highest BCUT2D eigenvalue weighted by molar-refractivity contribution is 7.13. The fraction of sp³-hybridized carbons (Fsp3) is 0.444.